The van der Waals surface area contributed by atoms with Gasteiger partial charge in [-0.1, -0.05) is 41.5 Å². The smallest absolute Gasteiger partial charge is 0.0113 e. The zero-order valence-electron chi connectivity index (χ0n) is 13.5. The van der Waals surface area contributed by atoms with E-state index in [-0.39, 0.29) is 0 Å². The molecule has 0 amide bonds. The van der Waals surface area contributed by atoms with Crippen molar-refractivity contribution in [3.05, 3.63) is 0 Å². The van der Waals surface area contributed by atoms with Crippen molar-refractivity contribution >= 4 is 0 Å². The molecule has 0 spiro atoms. The summed E-state index contributed by atoms with van der Waals surface area (Å²) in [6.07, 6.45) is 0. The second kappa shape index (κ2) is 6.19. The fraction of sp³-hybridized carbons (Fsp3) is 1.00. The quantitative estimate of drug-likeness (QED) is 0.768. The van der Waals surface area contributed by atoms with Crippen LogP contribution in [0, 0.1) is 10.8 Å². The lowest BCUT2D eigenvalue weighted by Gasteiger charge is -2.42. The molecule has 0 aliphatic rings. The number of nitrogens with one attached hydrogen (secondary N) is 1. The third-order valence-corrected chi connectivity index (χ3v) is 4.25. The van der Waals surface area contributed by atoms with Crippen LogP contribution in [-0.4, -0.2) is 37.1 Å². The highest BCUT2D eigenvalue weighted by Crippen LogP contribution is 2.28. The van der Waals surface area contributed by atoms with Crippen molar-refractivity contribution in [2.75, 3.05) is 20.1 Å². The maximum absolute atomic E-state index is 3.54. The van der Waals surface area contributed by atoms with Crippen LogP contribution in [0.1, 0.15) is 55.4 Å². The van der Waals surface area contributed by atoms with Crippen molar-refractivity contribution < 1.29 is 0 Å². The first-order chi connectivity index (χ1) is 7.52. The molecule has 104 valence electrons. The third kappa shape index (κ3) is 5.39. The Labute approximate surface area is 109 Å². The van der Waals surface area contributed by atoms with E-state index in [0.29, 0.717) is 22.9 Å². The van der Waals surface area contributed by atoms with Gasteiger partial charge in [0.15, 0.2) is 0 Å². The van der Waals surface area contributed by atoms with Gasteiger partial charge in [-0.05, 0) is 38.3 Å². The molecule has 0 aromatic carbocycles. The standard InChI is InChI=1S/C15H34N2/c1-10-16-12(2)15(7,8)11-17(9)13(3)14(4,5)6/h12-13,16H,10-11H2,1-9H3. The minimum absolute atomic E-state index is 0.296. The van der Waals surface area contributed by atoms with Gasteiger partial charge in [-0.25, -0.2) is 0 Å². The van der Waals surface area contributed by atoms with E-state index in [1.807, 2.05) is 0 Å². The summed E-state index contributed by atoms with van der Waals surface area (Å²) >= 11 is 0. The average molecular weight is 242 g/mol. The Morgan fingerprint density at radius 3 is 1.88 bits per heavy atom. The fourth-order valence-corrected chi connectivity index (χ4v) is 2.16. The first-order valence-electron chi connectivity index (χ1n) is 6.96. The highest BCUT2D eigenvalue weighted by molar-refractivity contribution is 4.86. The van der Waals surface area contributed by atoms with Gasteiger partial charge >= 0.3 is 0 Å². The Bertz CT molecular complexity index is 215. The molecule has 0 radical (unpaired) electrons. The molecule has 0 fully saturated rings. The van der Waals surface area contributed by atoms with Crippen LogP contribution in [0.4, 0.5) is 0 Å². The monoisotopic (exact) mass is 242 g/mol. The summed E-state index contributed by atoms with van der Waals surface area (Å²) in [5.41, 5.74) is 0.635. The average Bonchev–Trinajstić information content (AvgIpc) is 2.14. The van der Waals surface area contributed by atoms with Gasteiger partial charge in [0.25, 0.3) is 0 Å². The van der Waals surface area contributed by atoms with E-state index in [1.165, 1.54) is 0 Å². The SMILES string of the molecule is CCNC(C)C(C)(C)CN(C)C(C)C(C)(C)C. The van der Waals surface area contributed by atoms with Crippen molar-refractivity contribution in [3.63, 3.8) is 0 Å². The fourth-order valence-electron chi connectivity index (χ4n) is 2.16. The van der Waals surface area contributed by atoms with Crippen LogP contribution in [0.25, 0.3) is 0 Å². The summed E-state index contributed by atoms with van der Waals surface area (Å²) in [6, 6.07) is 1.14. The Morgan fingerprint density at radius 2 is 1.53 bits per heavy atom. The minimum Gasteiger partial charge on any atom is -0.314 e. The largest absolute Gasteiger partial charge is 0.314 e. The summed E-state index contributed by atoms with van der Waals surface area (Å²) in [5, 5.41) is 3.54. The summed E-state index contributed by atoms with van der Waals surface area (Å²) in [6.45, 7) is 20.6. The van der Waals surface area contributed by atoms with Gasteiger partial charge in [0.1, 0.15) is 0 Å². The Hall–Kier alpha value is -0.0800. The molecule has 0 saturated heterocycles. The van der Waals surface area contributed by atoms with E-state index >= 15 is 0 Å². The molecule has 0 aromatic heterocycles. The summed E-state index contributed by atoms with van der Waals surface area (Å²) < 4.78 is 0. The van der Waals surface area contributed by atoms with Crippen LogP contribution >= 0.6 is 0 Å². The minimum atomic E-state index is 0.296. The predicted octanol–water partition coefficient (Wildman–Crippen LogP) is 3.38. The van der Waals surface area contributed by atoms with Gasteiger partial charge in [0.2, 0.25) is 0 Å². The van der Waals surface area contributed by atoms with Gasteiger partial charge in [-0.15, -0.1) is 0 Å². The molecule has 0 aromatic rings. The molecule has 1 N–H and O–H groups in total. The first-order valence-corrected chi connectivity index (χ1v) is 6.96. The van der Waals surface area contributed by atoms with Crippen LogP contribution in [-0.2, 0) is 0 Å². The highest BCUT2D eigenvalue weighted by Gasteiger charge is 2.31. The second-order valence-corrected chi connectivity index (χ2v) is 7.23. The maximum atomic E-state index is 3.54. The van der Waals surface area contributed by atoms with Gasteiger partial charge in [-0.3, -0.25) is 0 Å². The predicted molar refractivity (Wildman–Crippen MR) is 78.5 cm³/mol. The number of hydrogen-bond donors (Lipinski definition) is 1. The van der Waals surface area contributed by atoms with Crippen LogP contribution in [0.5, 0.6) is 0 Å². The molecule has 0 bridgehead atoms. The lowest BCUT2D eigenvalue weighted by Crippen LogP contribution is -2.50. The molecular formula is C15H34N2. The molecule has 2 atom stereocenters. The molecule has 2 unspecified atom stereocenters. The molecule has 0 heterocycles. The molecule has 0 aliphatic heterocycles. The van der Waals surface area contributed by atoms with Crippen LogP contribution in [0.3, 0.4) is 0 Å². The summed E-state index contributed by atoms with van der Waals surface area (Å²) in [4.78, 5) is 2.49. The molecular weight excluding hydrogens is 208 g/mol. The molecule has 0 rings (SSSR count). The van der Waals surface area contributed by atoms with Crippen molar-refractivity contribution in [1.82, 2.24) is 10.2 Å². The number of hydrogen-bond acceptors (Lipinski definition) is 2. The Morgan fingerprint density at radius 1 is 1.06 bits per heavy atom. The summed E-state index contributed by atoms with van der Waals surface area (Å²) in [7, 11) is 2.25. The Balaban J connectivity index is 4.50. The Kier molecular flexibility index (Phi) is 6.16. The van der Waals surface area contributed by atoms with E-state index in [0.717, 1.165) is 13.1 Å². The number of rotatable bonds is 6. The third-order valence-electron chi connectivity index (χ3n) is 4.25. The van der Waals surface area contributed by atoms with E-state index in [4.69, 9.17) is 0 Å². The van der Waals surface area contributed by atoms with E-state index < -0.39 is 0 Å². The highest BCUT2D eigenvalue weighted by atomic mass is 15.1. The molecule has 17 heavy (non-hydrogen) atoms. The maximum Gasteiger partial charge on any atom is 0.0113 e. The molecule has 0 saturated carbocycles. The molecule has 0 aliphatic carbocycles. The molecule has 2 heteroatoms. The van der Waals surface area contributed by atoms with Crippen LogP contribution in [0.15, 0.2) is 0 Å². The van der Waals surface area contributed by atoms with Crippen molar-refractivity contribution in [2.24, 2.45) is 10.8 Å². The van der Waals surface area contributed by atoms with Crippen molar-refractivity contribution in [3.8, 4) is 0 Å². The van der Waals surface area contributed by atoms with Crippen molar-refractivity contribution in [1.29, 1.82) is 0 Å². The van der Waals surface area contributed by atoms with Gasteiger partial charge in [0, 0.05) is 18.6 Å². The topological polar surface area (TPSA) is 15.3 Å². The molecule has 2 nitrogen and oxygen atoms in total. The van der Waals surface area contributed by atoms with Gasteiger partial charge in [0.05, 0.1) is 0 Å². The van der Waals surface area contributed by atoms with Gasteiger partial charge in [-0.2, -0.15) is 0 Å². The normalized spacial score (nSPS) is 17.3. The van der Waals surface area contributed by atoms with E-state index in [2.05, 4.69) is 72.7 Å². The van der Waals surface area contributed by atoms with Crippen molar-refractivity contribution in [2.45, 2.75) is 67.5 Å². The first kappa shape index (κ1) is 16.9. The lowest BCUT2D eigenvalue weighted by atomic mass is 9.82. The lowest BCUT2D eigenvalue weighted by molar-refractivity contribution is 0.0831. The number of nitrogens with zero attached hydrogens (tertiary/aromatic N) is 1. The summed E-state index contributed by atoms with van der Waals surface area (Å²) in [5.74, 6) is 0. The zero-order valence-corrected chi connectivity index (χ0v) is 13.5. The van der Waals surface area contributed by atoms with Crippen LogP contribution in [0.2, 0.25) is 0 Å². The van der Waals surface area contributed by atoms with Crippen LogP contribution < -0.4 is 5.32 Å². The van der Waals surface area contributed by atoms with E-state index in [9.17, 15) is 0 Å². The van der Waals surface area contributed by atoms with E-state index in [1.54, 1.807) is 0 Å². The van der Waals surface area contributed by atoms with Gasteiger partial charge < -0.3 is 10.2 Å². The zero-order chi connectivity index (χ0) is 13.9. The second-order valence-electron chi connectivity index (χ2n) is 7.23.